The number of benzene rings is 2. The molecule has 0 radical (unpaired) electrons. The minimum atomic E-state index is -0.490. The molecule has 0 spiro atoms. The molecule has 0 saturated carbocycles. The van der Waals surface area contributed by atoms with Crippen molar-refractivity contribution in [3.63, 3.8) is 0 Å². The molecule has 2 amide bonds. The molecule has 1 heterocycles. The van der Waals surface area contributed by atoms with Crippen LogP contribution >= 0.6 is 23.2 Å². The summed E-state index contributed by atoms with van der Waals surface area (Å²) in [6.45, 7) is 0.197. The highest BCUT2D eigenvalue weighted by Crippen LogP contribution is 2.22. The normalized spacial score (nSPS) is 10.2. The molecule has 3 aromatic rings. The Morgan fingerprint density at radius 2 is 1.81 bits per heavy atom. The van der Waals surface area contributed by atoms with Gasteiger partial charge in [0.05, 0.1) is 0 Å². The summed E-state index contributed by atoms with van der Waals surface area (Å²) in [6.07, 6.45) is 2.93. The second-order valence-electron chi connectivity index (χ2n) is 5.18. The lowest BCUT2D eigenvalue weighted by Gasteiger charge is -2.11. The van der Waals surface area contributed by atoms with E-state index >= 15 is 0 Å². The lowest BCUT2D eigenvalue weighted by molar-refractivity contribution is 0.261. The van der Waals surface area contributed by atoms with Crippen molar-refractivity contribution in [3.8, 4) is 5.88 Å². The summed E-state index contributed by atoms with van der Waals surface area (Å²) in [5.41, 5.74) is 1.35. The van der Waals surface area contributed by atoms with Crippen LogP contribution in [-0.2, 0) is 6.61 Å². The van der Waals surface area contributed by atoms with Gasteiger partial charge in [-0.1, -0.05) is 47.5 Å². The fourth-order valence-electron chi connectivity index (χ4n) is 2.11. The van der Waals surface area contributed by atoms with Crippen molar-refractivity contribution in [1.29, 1.82) is 0 Å². The van der Waals surface area contributed by atoms with Crippen LogP contribution in [-0.4, -0.2) is 16.0 Å². The molecule has 26 heavy (non-hydrogen) atoms. The number of hydrogen-bond acceptors (Lipinski definition) is 4. The van der Waals surface area contributed by atoms with Crippen LogP contribution in [0.2, 0.25) is 10.0 Å². The Kier molecular flexibility index (Phi) is 5.88. The first kappa shape index (κ1) is 18.0. The summed E-state index contributed by atoms with van der Waals surface area (Å²) < 4.78 is 5.65. The van der Waals surface area contributed by atoms with Gasteiger partial charge in [0.15, 0.2) is 5.82 Å². The number of carbonyl (C=O) groups is 1. The SMILES string of the molecule is O=C(Nc1cccc(Cl)c1)Nc1nccnc1OCc1ccccc1Cl. The average molecular weight is 389 g/mol. The number of amides is 2. The number of rotatable bonds is 5. The minimum Gasteiger partial charge on any atom is -0.470 e. The van der Waals surface area contributed by atoms with E-state index in [0.717, 1.165) is 5.56 Å². The van der Waals surface area contributed by atoms with Gasteiger partial charge >= 0.3 is 6.03 Å². The van der Waals surface area contributed by atoms with E-state index in [9.17, 15) is 4.79 Å². The molecule has 0 unspecified atom stereocenters. The number of nitrogens with one attached hydrogen (secondary N) is 2. The number of carbonyl (C=O) groups excluding carboxylic acids is 1. The van der Waals surface area contributed by atoms with Gasteiger partial charge in [0.1, 0.15) is 6.61 Å². The topological polar surface area (TPSA) is 76.1 Å². The van der Waals surface area contributed by atoms with E-state index in [1.165, 1.54) is 12.4 Å². The quantitative estimate of drug-likeness (QED) is 0.644. The maximum absolute atomic E-state index is 12.2. The lowest BCUT2D eigenvalue weighted by Crippen LogP contribution is -2.21. The summed E-state index contributed by atoms with van der Waals surface area (Å²) in [4.78, 5) is 20.4. The van der Waals surface area contributed by atoms with E-state index in [1.54, 1.807) is 30.3 Å². The zero-order valence-electron chi connectivity index (χ0n) is 13.4. The molecule has 8 heteroatoms. The van der Waals surface area contributed by atoms with Crippen LogP contribution in [0.3, 0.4) is 0 Å². The monoisotopic (exact) mass is 388 g/mol. The van der Waals surface area contributed by atoms with Crippen molar-refractivity contribution in [3.05, 3.63) is 76.5 Å². The molecule has 0 bridgehead atoms. The van der Waals surface area contributed by atoms with Crippen LogP contribution in [0.4, 0.5) is 16.3 Å². The molecule has 0 fully saturated rings. The molecule has 0 aliphatic heterocycles. The van der Waals surface area contributed by atoms with Crippen LogP contribution < -0.4 is 15.4 Å². The van der Waals surface area contributed by atoms with E-state index in [0.29, 0.717) is 15.7 Å². The molecule has 0 atom stereocenters. The fourth-order valence-corrected chi connectivity index (χ4v) is 2.49. The molecule has 0 saturated heterocycles. The van der Waals surface area contributed by atoms with Gasteiger partial charge < -0.3 is 10.1 Å². The van der Waals surface area contributed by atoms with Crippen molar-refractivity contribution in [2.24, 2.45) is 0 Å². The Morgan fingerprint density at radius 1 is 1.00 bits per heavy atom. The fraction of sp³-hybridized carbons (Fsp3) is 0.0556. The van der Waals surface area contributed by atoms with Gasteiger partial charge in [0, 0.05) is 33.7 Å². The number of nitrogens with zero attached hydrogens (tertiary/aromatic N) is 2. The van der Waals surface area contributed by atoms with Crippen molar-refractivity contribution >= 4 is 40.7 Å². The van der Waals surface area contributed by atoms with Crippen LogP contribution in [0.15, 0.2) is 60.9 Å². The van der Waals surface area contributed by atoms with E-state index < -0.39 is 6.03 Å². The van der Waals surface area contributed by atoms with Crippen LogP contribution in [0.5, 0.6) is 5.88 Å². The molecule has 3 rings (SSSR count). The Hall–Kier alpha value is -2.83. The van der Waals surface area contributed by atoms with Crippen LogP contribution in [0.1, 0.15) is 5.56 Å². The Balaban J connectivity index is 1.67. The molecule has 6 nitrogen and oxygen atoms in total. The maximum atomic E-state index is 12.2. The molecule has 1 aromatic heterocycles. The highest BCUT2D eigenvalue weighted by Gasteiger charge is 2.11. The second-order valence-corrected chi connectivity index (χ2v) is 6.02. The van der Waals surface area contributed by atoms with E-state index in [1.807, 2.05) is 18.2 Å². The van der Waals surface area contributed by atoms with Crippen LogP contribution in [0, 0.1) is 0 Å². The van der Waals surface area contributed by atoms with Gasteiger partial charge in [0.25, 0.3) is 5.88 Å². The summed E-state index contributed by atoms with van der Waals surface area (Å²) in [5, 5.41) is 6.37. The smallest absolute Gasteiger partial charge is 0.324 e. The molecule has 132 valence electrons. The Labute approximate surface area is 160 Å². The molecule has 0 aliphatic rings. The number of anilines is 2. The zero-order chi connectivity index (χ0) is 18.4. The molecule has 2 N–H and O–H groups in total. The number of ether oxygens (including phenoxy) is 1. The van der Waals surface area contributed by atoms with Gasteiger partial charge in [-0.05, 0) is 24.3 Å². The molecule has 0 aliphatic carbocycles. The van der Waals surface area contributed by atoms with E-state index in [4.69, 9.17) is 27.9 Å². The third-order valence-electron chi connectivity index (χ3n) is 3.30. The van der Waals surface area contributed by atoms with Gasteiger partial charge in [-0.15, -0.1) is 0 Å². The average Bonchev–Trinajstić information content (AvgIpc) is 2.62. The van der Waals surface area contributed by atoms with Gasteiger partial charge in [0.2, 0.25) is 0 Å². The van der Waals surface area contributed by atoms with E-state index in [-0.39, 0.29) is 18.3 Å². The maximum Gasteiger partial charge on any atom is 0.324 e. The van der Waals surface area contributed by atoms with Gasteiger partial charge in [-0.3, -0.25) is 5.32 Å². The predicted molar refractivity (Wildman–Crippen MR) is 102 cm³/mol. The van der Waals surface area contributed by atoms with Crippen molar-refractivity contribution < 1.29 is 9.53 Å². The second kappa shape index (κ2) is 8.51. The number of aromatic nitrogens is 2. The Morgan fingerprint density at radius 3 is 2.62 bits per heavy atom. The molecule has 2 aromatic carbocycles. The minimum absolute atomic E-state index is 0.189. The summed E-state index contributed by atoms with van der Waals surface area (Å²) in [6, 6.07) is 13.6. The summed E-state index contributed by atoms with van der Waals surface area (Å²) >= 11 is 12.0. The first-order chi connectivity index (χ1) is 12.6. The lowest BCUT2D eigenvalue weighted by atomic mass is 10.2. The largest absolute Gasteiger partial charge is 0.470 e. The van der Waals surface area contributed by atoms with Gasteiger partial charge in [-0.2, -0.15) is 0 Å². The molecular weight excluding hydrogens is 375 g/mol. The predicted octanol–water partition coefficient (Wildman–Crippen LogP) is 5.01. The van der Waals surface area contributed by atoms with Crippen molar-refractivity contribution in [2.45, 2.75) is 6.61 Å². The number of halogens is 2. The highest BCUT2D eigenvalue weighted by atomic mass is 35.5. The third-order valence-corrected chi connectivity index (χ3v) is 3.91. The van der Waals surface area contributed by atoms with E-state index in [2.05, 4.69) is 20.6 Å². The number of urea groups is 1. The first-order valence-corrected chi connectivity index (χ1v) is 8.38. The van der Waals surface area contributed by atoms with Gasteiger partial charge in [-0.25, -0.2) is 14.8 Å². The standard InChI is InChI=1S/C18H14Cl2N4O2/c19-13-5-3-6-14(10-13)23-18(25)24-16-17(22-9-8-21-16)26-11-12-4-1-2-7-15(12)20/h1-10H,11H2,(H2,21,23,24,25). The van der Waals surface area contributed by atoms with Crippen molar-refractivity contribution in [1.82, 2.24) is 9.97 Å². The Bertz CT molecular complexity index is 921. The summed E-state index contributed by atoms with van der Waals surface area (Å²) in [5.74, 6) is 0.382. The zero-order valence-corrected chi connectivity index (χ0v) is 15.0. The third kappa shape index (κ3) is 4.84. The van der Waals surface area contributed by atoms with Crippen LogP contribution in [0.25, 0.3) is 0 Å². The van der Waals surface area contributed by atoms with Crippen molar-refractivity contribution in [2.75, 3.05) is 10.6 Å². The first-order valence-electron chi connectivity index (χ1n) is 7.62. The number of hydrogen-bond donors (Lipinski definition) is 2. The summed E-state index contributed by atoms with van der Waals surface area (Å²) in [7, 11) is 0. The molecular formula is C18H14Cl2N4O2. The highest BCUT2D eigenvalue weighted by molar-refractivity contribution is 6.31.